The van der Waals surface area contributed by atoms with E-state index in [0.717, 1.165) is 9.13 Å². The minimum absolute atomic E-state index is 0.00391. The number of carbonyl (C=O) groups excluding carboxylic acids is 1. The molecule has 4 rings (SSSR count). The van der Waals surface area contributed by atoms with Gasteiger partial charge in [0.05, 0.1) is 25.4 Å². The van der Waals surface area contributed by atoms with E-state index in [1.165, 1.54) is 26.2 Å². The van der Waals surface area contributed by atoms with Gasteiger partial charge < -0.3 is 34.1 Å². The molecule has 0 radical (unpaired) electrons. The first kappa shape index (κ1) is 35.1. The Hall–Kier alpha value is -2.80. The van der Waals surface area contributed by atoms with Crippen molar-refractivity contribution in [2.45, 2.75) is 89.9 Å². The molecule has 2 aliphatic rings. The molecule has 17 nitrogen and oxygen atoms in total. The summed E-state index contributed by atoms with van der Waals surface area (Å²) in [5.41, 5.74) is -2.57. The number of aryl methyl sites for hydroxylation is 2. The maximum absolute atomic E-state index is 12.6. The van der Waals surface area contributed by atoms with Crippen LogP contribution >= 0.6 is 6.72 Å². The number of carbonyl (C=O) groups is 1. The first-order chi connectivity index (χ1) is 21.0. The second kappa shape index (κ2) is 13.9. The van der Waals surface area contributed by atoms with Gasteiger partial charge in [-0.1, -0.05) is 0 Å². The highest BCUT2D eigenvalue weighted by molar-refractivity contribution is 8.07. The maximum atomic E-state index is 12.6. The third kappa shape index (κ3) is 8.72. The van der Waals surface area contributed by atoms with Crippen LogP contribution in [0.4, 0.5) is 0 Å². The number of nitrogens with zero attached hydrogens (tertiary/aromatic N) is 2. The van der Waals surface area contributed by atoms with Crippen molar-refractivity contribution in [3.63, 3.8) is 0 Å². The van der Waals surface area contributed by atoms with Gasteiger partial charge in [0.25, 0.3) is 11.1 Å². The Balaban J connectivity index is 1.52. The summed E-state index contributed by atoms with van der Waals surface area (Å²) in [5, 5.41) is 23.5. The monoisotopic (exact) mass is 675 g/mol. The molecular formula is C26H38N5O12PS. The average Bonchev–Trinajstić information content (AvgIpc) is 3.52. The summed E-state index contributed by atoms with van der Waals surface area (Å²) < 4.78 is 31.7. The van der Waals surface area contributed by atoms with Crippen molar-refractivity contribution < 1.29 is 38.1 Å². The Morgan fingerprint density at radius 1 is 1.00 bits per heavy atom. The van der Waals surface area contributed by atoms with Gasteiger partial charge in [0.2, 0.25) is 5.91 Å². The minimum Gasteiger partial charge on any atom is -0.394 e. The Kier molecular flexibility index (Phi) is 10.8. The highest BCUT2D eigenvalue weighted by Gasteiger charge is 2.43. The van der Waals surface area contributed by atoms with Gasteiger partial charge in [-0.05, 0) is 46.4 Å². The van der Waals surface area contributed by atoms with Crippen molar-refractivity contribution in [3.8, 4) is 0 Å². The van der Waals surface area contributed by atoms with Gasteiger partial charge in [-0.15, -0.1) is 0 Å². The summed E-state index contributed by atoms with van der Waals surface area (Å²) in [6, 6.07) is 0. The Labute approximate surface area is 261 Å². The van der Waals surface area contributed by atoms with E-state index >= 15 is 0 Å². The number of H-pyrrole nitrogens is 2. The largest absolute Gasteiger partial charge is 0.394 e. The second-order valence-corrected chi connectivity index (χ2v) is 14.9. The number of aromatic nitrogens is 4. The number of hydrogen-bond acceptors (Lipinski definition) is 13. The fourth-order valence-corrected chi connectivity index (χ4v) is 6.83. The van der Waals surface area contributed by atoms with Crippen LogP contribution in [0.5, 0.6) is 0 Å². The number of ether oxygens (including phenoxy) is 2. The Morgan fingerprint density at radius 3 is 2.07 bits per heavy atom. The van der Waals surface area contributed by atoms with E-state index in [9.17, 15) is 34.2 Å². The summed E-state index contributed by atoms with van der Waals surface area (Å²) >= 11 is 5.65. The molecular weight excluding hydrogens is 637 g/mol. The summed E-state index contributed by atoms with van der Waals surface area (Å²) in [6.07, 6.45) is -3.29. The van der Waals surface area contributed by atoms with Crippen LogP contribution in [-0.2, 0) is 39.6 Å². The molecule has 2 fully saturated rings. The molecule has 2 aromatic heterocycles. The maximum Gasteiger partial charge on any atom is 0.330 e. The normalized spacial score (nSPS) is 26.6. The highest BCUT2D eigenvalue weighted by Crippen LogP contribution is 2.54. The summed E-state index contributed by atoms with van der Waals surface area (Å²) in [7, 11) is 0. The van der Waals surface area contributed by atoms with Gasteiger partial charge in [0.15, 0.2) is 0 Å². The molecule has 250 valence electrons. The fourth-order valence-electron chi connectivity index (χ4n) is 4.80. The first-order valence-electron chi connectivity index (χ1n) is 14.1. The van der Waals surface area contributed by atoms with Crippen LogP contribution in [0.25, 0.3) is 0 Å². The van der Waals surface area contributed by atoms with Crippen molar-refractivity contribution in [2.24, 2.45) is 0 Å². The van der Waals surface area contributed by atoms with Crippen LogP contribution in [0.3, 0.4) is 0 Å². The third-order valence-electron chi connectivity index (χ3n) is 7.01. The molecule has 1 unspecified atom stereocenters. The van der Waals surface area contributed by atoms with E-state index in [0.29, 0.717) is 0 Å². The number of hydrogen-bond donors (Lipinski definition) is 5. The van der Waals surface area contributed by atoms with Crippen LogP contribution in [0.15, 0.2) is 31.6 Å². The van der Waals surface area contributed by atoms with E-state index < -0.39 is 90.7 Å². The zero-order valence-electron chi connectivity index (χ0n) is 25.4. The zero-order chi connectivity index (χ0) is 33.3. The molecule has 2 aromatic rings. The number of nitrogens with one attached hydrogen (secondary N) is 3. The summed E-state index contributed by atoms with van der Waals surface area (Å²) in [4.78, 5) is 65.4. The molecule has 4 heterocycles. The highest BCUT2D eigenvalue weighted by atomic mass is 32.5. The van der Waals surface area contributed by atoms with Gasteiger partial charge in [0.1, 0.15) is 31.3 Å². The van der Waals surface area contributed by atoms with Crippen LogP contribution in [0.2, 0.25) is 0 Å². The lowest BCUT2D eigenvalue weighted by atomic mass is 10.1. The Morgan fingerprint density at radius 2 is 1.53 bits per heavy atom. The smallest absolute Gasteiger partial charge is 0.330 e. The summed E-state index contributed by atoms with van der Waals surface area (Å²) in [6.45, 7) is 3.08. The molecule has 19 heteroatoms. The molecule has 1 amide bonds. The van der Waals surface area contributed by atoms with Crippen molar-refractivity contribution in [1.82, 2.24) is 24.4 Å². The molecule has 0 bridgehead atoms. The average molecular weight is 676 g/mol. The predicted molar refractivity (Wildman–Crippen MR) is 161 cm³/mol. The van der Waals surface area contributed by atoms with Gasteiger partial charge in [-0.25, -0.2) is 9.59 Å². The number of rotatable bonds is 11. The molecule has 45 heavy (non-hydrogen) atoms. The lowest BCUT2D eigenvalue weighted by Gasteiger charge is -2.28. The predicted octanol–water partition coefficient (Wildman–Crippen LogP) is -0.811. The van der Waals surface area contributed by atoms with Crippen LogP contribution < -0.4 is 27.8 Å². The molecule has 0 aliphatic carbocycles. The van der Waals surface area contributed by atoms with Crippen molar-refractivity contribution in [2.75, 3.05) is 19.8 Å². The summed E-state index contributed by atoms with van der Waals surface area (Å²) in [5.74, 6) is -0.511. The topological polar surface area (TPSA) is 225 Å². The van der Waals surface area contributed by atoms with Crippen molar-refractivity contribution in [1.29, 1.82) is 0 Å². The van der Waals surface area contributed by atoms with Gasteiger partial charge in [-0.3, -0.25) is 38.0 Å². The van der Waals surface area contributed by atoms with Crippen LogP contribution in [0.1, 0.15) is 57.2 Å². The quantitative estimate of drug-likeness (QED) is 0.184. The fraction of sp³-hybridized carbons (Fsp3) is 0.654. The standard InChI is InChI=1S/C26H38N5O12PS/c1-13-8-30(24(37)27-22(13)35)20-6-15(33)18(42-20)11-39-44(45,40-12-19(34)29-26(3,4)5)43-16-7-21(41-17(16)10-32)31-9-14(2)23(36)28-25(31)38/h8-9,15-18,20-21,32-33H,6-7,10-12H2,1-5H3,(H,29,34)(H,27,35,37)(H,28,36,38)/t15-,16-,17+,18+,20+,21+,44?/m0/s1. The van der Waals surface area contributed by atoms with Gasteiger partial charge in [-0.2, -0.15) is 0 Å². The molecule has 0 aromatic carbocycles. The molecule has 0 spiro atoms. The number of aliphatic hydroxyl groups excluding tert-OH is 2. The lowest BCUT2D eigenvalue weighted by molar-refractivity contribution is -0.125. The lowest BCUT2D eigenvalue weighted by Crippen LogP contribution is -2.42. The van der Waals surface area contributed by atoms with Gasteiger partial charge >= 0.3 is 18.1 Å². The minimum atomic E-state index is -3.85. The van der Waals surface area contributed by atoms with E-state index in [2.05, 4.69) is 15.3 Å². The van der Waals surface area contributed by atoms with E-state index in [1.54, 1.807) is 20.8 Å². The van der Waals surface area contributed by atoms with Crippen molar-refractivity contribution in [3.05, 3.63) is 65.2 Å². The van der Waals surface area contributed by atoms with Crippen LogP contribution in [0, 0.1) is 13.8 Å². The first-order valence-corrected chi connectivity index (χ1v) is 16.7. The molecule has 2 saturated heterocycles. The zero-order valence-corrected chi connectivity index (χ0v) is 27.1. The molecule has 7 atom stereocenters. The number of aliphatic hydroxyl groups is 2. The van der Waals surface area contributed by atoms with E-state index in [4.69, 9.17) is 34.9 Å². The van der Waals surface area contributed by atoms with E-state index in [1.807, 2.05) is 0 Å². The van der Waals surface area contributed by atoms with E-state index in [-0.39, 0.29) is 30.6 Å². The molecule has 2 aliphatic heterocycles. The SMILES string of the molecule is Cc1cn([C@H]2C[C@H](OP(=S)(OCC(=O)NC(C)(C)C)OC[C@H]3O[C@@H](n4cc(C)c(=O)[nH]c4=O)C[C@@H]3O)[C@@H](CO)O2)c(=O)[nH]c1=O. The van der Waals surface area contributed by atoms with Crippen molar-refractivity contribution >= 4 is 24.4 Å². The number of aromatic amines is 2. The van der Waals surface area contributed by atoms with Crippen LogP contribution in [-0.4, -0.2) is 85.0 Å². The Bertz CT molecular complexity index is 1680. The molecule has 0 saturated carbocycles. The second-order valence-electron chi connectivity index (χ2n) is 11.9. The third-order valence-corrected chi connectivity index (χ3v) is 9.34. The van der Waals surface area contributed by atoms with Gasteiger partial charge in [0, 0.05) is 41.9 Å². The number of amides is 1. The molecule has 5 N–H and O–H groups in total.